The molecule has 1 fully saturated rings. The summed E-state index contributed by atoms with van der Waals surface area (Å²) in [6.45, 7) is 5.72. The first-order valence-corrected chi connectivity index (χ1v) is 14.9. The van der Waals surface area contributed by atoms with Crippen molar-refractivity contribution in [3.8, 4) is 11.5 Å². The van der Waals surface area contributed by atoms with Gasteiger partial charge in [-0.3, -0.25) is 9.69 Å². The number of nitrogens with zero attached hydrogens (tertiary/aromatic N) is 3. The lowest BCUT2D eigenvalue weighted by Crippen LogP contribution is -2.39. The number of aromatic nitrogens is 1. The Balaban J connectivity index is 1.29. The third-order valence-corrected chi connectivity index (χ3v) is 9.47. The Morgan fingerprint density at radius 1 is 1.18 bits per heavy atom. The summed E-state index contributed by atoms with van der Waals surface area (Å²) in [5, 5.41) is 7.39. The van der Waals surface area contributed by atoms with Crippen molar-refractivity contribution in [1.82, 2.24) is 14.6 Å². The van der Waals surface area contributed by atoms with Gasteiger partial charge in [0.05, 0.1) is 22.4 Å². The van der Waals surface area contributed by atoms with E-state index in [0.717, 1.165) is 11.0 Å². The van der Waals surface area contributed by atoms with Gasteiger partial charge in [0, 0.05) is 30.7 Å². The molecule has 2 N–H and O–H groups in total. The van der Waals surface area contributed by atoms with Gasteiger partial charge in [0.25, 0.3) is 5.91 Å². The van der Waals surface area contributed by atoms with Crippen molar-refractivity contribution >= 4 is 60.6 Å². The molecule has 12 heteroatoms. The van der Waals surface area contributed by atoms with Crippen molar-refractivity contribution in [3.63, 3.8) is 0 Å². The maximum absolute atomic E-state index is 13.5. The molecule has 40 heavy (non-hydrogen) atoms. The van der Waals surface area contributed by atoms with Crippen LogP contribution in [-0.4, -0.2) is 48.8 Å². The molecule has 2 aromatic heterocycles. The zero-order valence-electron chi connectivity index (χ0n) is 21.5. The molecule has 10 nitrogen and oxygen atoms in total. The minimum absolute atomic E-state index is 0.160. The monoisotopic (exact) mass is 575 g/mol. The molecule has 1 saturated heterocycles. The van der Waals surface area contributed by atoms with Crippen molar-refractivity contribution in [2.45, 2.75) is 19.4 Å². The molecule has 0 aliphatic carbocycles. The van der Waals surface area contributed by atoms with Gasteiger partial charge < -0.3 is 15.4 Å². The molecule has 2 aliphatic rings. The maximum atomic E-state index is 13.5. The highest BCUT2D eigenvalue weighted by Gasteiger charge is 2.35. The summed E-state index contributed by atoms with van der Waals surface area (Å²) in [4.78, 5) is 33.7. The van der Waals surface area contributed by atoms with Gasteiger partial charge >= 0.3 is 6.03 Å². The fourth-order valence-corrected chi connectivity index (χ4v) is 6.96. The van der Waals surface area contributed by atoms with E-state index in [4.69, 9.17) is 4.74 Å². The number of urea groups is 1. The van der Waals surface area contributed by atoms with Crippen LogP contribution in [0.5, 0.6) is 11.5 Å². The van der Waals surface area contributed by atoms with Crippen molar-refractivity contribution in [3.05, 3.63) is 83.2 Å². The van der Waals surface area contributed by atoms with Crippen LogP contribution in [0.25, 0.3) is 10.2 Å². The number of benzene rings is 2. The van der Waals surface area contributed by atoms with E-state index in [1.807, 2.05) is 49.4 Å². The molecule has 2 aromatic carbocycles. The lowest BCUT2D eigenvalue weighted by molar-refractivity contribution is 0.0944. The minimum Gasteiger partial charge on any atom is -0.457 e. The van der Waals surface area contributed by atoms with Gasteiger partial charge in [0.2, 0.25) is 10.0 Å². The summed E-state index contributed by atoms with van der Waals surface area (Å²) in [5.74, 6) is 0.966. The van der Waals surface area contributed by atoms with E-state index in [-0.39, 0.29) is 18.5 Å². The summed E-state index contributed by atoms with van der Waals surface area (Å²) in [6.07, 6.45) is 2.09. The summed E-state index contributed by atoms with van der Waals surface area (Å²) in [5.41, 5.74) is 2.51. The number of hydrogen-bond donors (Lipinski definition) is 2. The molecule has 3 amide bonds. The fourth-order valence-electron chi connectivity index (χ4n) is 4.98. The lowest BCUT2D eigenvalue weighted by atomic mass is 10.1. The van der Waals surface area contributed by atoms with E-state index in [1.54, 1.807) is 23.2 Å². The number of rotatable bonds is 7. The van der Waals surface area contributed by atoms with Crippen LogP contribution in [0.1, 0.15) is 21.7 Å². The van der Waals surface area contributed by atoms with Crippen LogP contribution in [0.4, 0.5) is 21.9 Å². The topological polar surface area (TPSA) is 121 Å². The normalized spacial score (nSPS) is 17.1. The number of aryl methyl sites for hydroxylation is 1. The highest BCUT2D eigenvalue weighted by Crippen LogP contribution is 2.46. The Bertz CT molecular complexity index is 1770. The number of ether oxygens (including phenoxy) is 1. The summed E-state index contributed by atoms with van der Waals surface area (Å²) >= 11 is 1.18. The standard InChI is InChI=1S/C28H25N5O5S2/c1-3-40(36,37)32-14-12-18(16-32)30-26(34)25-24-23-22(11-13-29-27(23)39-25)33(28(35)31-24)21-10-9-20(15-17(21)2)38-19-7-5-4-6-8-19/h3-11,13,15,18H,1,12,14,16H2,2H3,(H,30,34)(H,31,35)/t18-/m1/s1. The Kier molecular flexibility index (Phi) is 6.53. The van der Waals surface area contributed by atoms with E-state index >= 15 is 0 Å². The van der Waals surface area contributed by atoms with Crippen LogP contribution in [0, 0.1) is 6.92 Å². The maximum Gasteiger partial charge on any atom is 0.331 e. The molecule has 6 rings (SSSR count). The van der Waals surface area contributed by atoms with Gasteiger partial charge in [-0.1, -0.05) is 24.8 Å². The minimum atomic E-state index is -3.56. The number of amides is 3. The number of sulfonamides is 1. The SMILES string of the molecule is C=CS(=O)(=O)N1CC[C@@H](NC(=O)c2sc3nccc4c3c2NC(=O)N4c2ccc(Oc3ccccc3)cc2C)C1. The average Bonchev–Trinajstić information content (AvgIpc) is 3.56. The van der Waals surface area contributed by atoms with Gasteiger partial charge in [0.1, 0.15) is 21.2 Å². The highest BCUT2D eigenvalue weighted by atomic mass is 32.2. The van der Waals surface area contributed by atoms with Crippen molar-refractivity contribution in [2.75, 3.05) is 23.3 Å². The molecule has 0 saturated carbocycles. The first-order valence-electron chi connectivity index (χ1n) is 12.5. The number of pyridine rings is 1. The largest absolute Gasteiger partial charge is 0.457 e. The fraction of sp³-hybridized carbons (Fsp3) is 0.179. The third-order valence-electron chi connectivity index (χ3n) is 6.90. The second-order valence-corrected chi connectivity index (χ2v) is 12.4. The molecule has 1 atom stereocenters. The highest BCUT2D eigenvalue weighted by molar-refractivity contribution is 7.92. The number of anilines is 3. The first kappa shape index (κ1) is 26.0. The Labute approximate surface area is 234 Å². The zero-order valence-corrected chi connectivity index (χ0v) is 23.1. The zero-order chi connectivity index (χ0) is 28.0. The van der Waals surface area contributed by atoms with Crippen LogP contribution in [0.3, 0.4) is 0 Å². The van der Waals surface area contributed by atoms with Gasteiger partial charge in [-0.05, 0) is 55.3 Å². The molecule has 0 unspecified atom stereocenters. The Morgan fingerprint density at radius 3 is 2.73 bits per heavy atom. The lowest BCUT2D eigenvalue weighted by Gasteiger charge is -2.29. The van der Waals surface area contributed by atoms with E-state index in [1.165, 1.54) is 15.6 Å². The third kappa shape index (κ3) is 4.59. The van der Waals surface area contributed by atoms with Gasteiger partial charge in [-0.2, -0.15) is 4.31 Å². The van der Waals surface area contributed by atoms with Crippen molar-refractivity contribution < 1.29 is 22.7 Å². The summed E-state index contributed by atoms with van der Waals surface area (Å²) < 4.78 is 31.4. The van der Waals surface area contributed by atoms with Gasteiger partial charge in [-0.25, -0.2) is 18.2 Å². The number of thiophene rings is 1. The smallest absolute Gasteiger partial charge is 0.331 e. The number of para-hydroxylation sites is 1. The molecule has 2 aliphatic heterocycles. The Morgan fingerprint density at radius 2 is 1.98 bits per heavy atom. The molecule has 0 radical (unpaired) electrons. The van der Waals surface area contributed by atoms with Crippen LogP contribution in [-0.2, 0) is 10.0 Å². The second-order valence-electron chi connectivity index (χ2n) is 9.47. The molecular weight excluding hydrogens is 550 g/mol. The molecule has 204 valence electrons. The summed E-state index contributed by atoms with van der Waals surface area (Å²) in [6, 6.07) is 15.9. The van der Waals surface area contributed by atoms with Crippen molar-refractivity contribution in [2.24, 2.45) is 0 Å². The van der Waals surface area contributed by atoms with Crippen LogP contribution in [0.2, 0.25) is 0 Å². The number of carbonyl (C=O) groups is 2. The quantitative estimate of drug-likeness (QED) is 0.306. The second kappa shape index (κ2) is 10.0. The number of carbonyl (C=O) groups excluding carboxylic acids is 2. The molecule has 0 spiro atoms. The van der Waals surface area contributed by atoms with E-state index < -0.39 is 16.1 Å². The molecular formula is C28H25N5O5S2. The van der Waals surface area contributed by atoms with Crippen LogP contribution < -0.4 is 20.3 Å². The van der Waals surface area contributed by atoms with E-state index in [0.29, 0.717) is 56.6 Å². The number of hydrogen-bond acceptors (Lipinski definition) is 7. The molecule has 0 bridgehead atoms. The van der Waals surface area contributed by atoms with Gasteiger partial charge in [-0.15, -0.1) is 11.3 Å². The van der Waals surface area contributed by atoms with E-state index in [9.17, 15) is 18.0 Å². The van der Waals surface area contributed by atoms with Gasteiger partial charge in [0.15, 0.2) is 0 Å². The molecule has 4 heterocycles. The number of nitrogens with one attached hydrogen (secondary N) is 2. The first-order chi connectivity index (χ1) is 19.2. The molecule has 4 aromatic rings. The summed E-state index contributed by atoms with van der Waals surface area (Å²) in [7, 11) is -3.56. The predicted molar refractivity (Wildman–Crippen MR) is 155 cm³/mol. The Hall–Kier alpha value is -4.26. The van der Waals surface area contributed by atoms with Crippen molar-refractivity contribution in [1.29, 1.82) is 0 Å². The van der Waals surface area contributed by atoms with Crippen LogP contribution >= 0.6 is 11.3 Å². The van der Waals surface area contributed by atoms with Crippen LogP contribution in [0.15, 0.2) is 72.8 Å². The predicted octanol–water partition coefficient (Wildman–Crippen LogP) is 5.36. The average molecular weight is 576 g/mol. The van der Waals surface area contributed by atoms with E-state index in [2.05, 4.69) is 22.2 Å².